The molecule has 1 nitrogen and oxygen atoms in total. The van der Waals surface area contributed by atoms with E-state index in [1.54, 1.807) is 0 Å². The van der Waals surface area contributed by atoms with Gasteiger partial charge in [0.15, 0.2) is 0 Å². The Morgan fingerprint density at radius 3 is 2.60 bits per heavy atom. The van der Waals surface area contributed by atoms with Crippen LogP contribution in [0.5, 0.6) is 5.75 Å². The molecule has 0 heterocycles. The summed E-state index contributed by atoms with van der Waals surface area (Å²) in [5.74, 6) is 0.953. The zero-order chi connectivity index (χ0) is 10.9. The molecule has 1 rings (SSSR count). The topological polar surface area (TPSA) is 9.23 Å². The van der Waals surface area contributed by atoms with E-state index in [1.165, 1.54) is 5.56 Å². The molecule has 0 bridgehead atoms. The van der Waals surface area contributed by atoms with Crippen molar-refractivity contribution in [3.05, 3.63) is 35.9 Å². The van der Waals surface area contributed by atoms with Crippen molar-refractivity contribution in [1.29, 1.82) is 0 Å². The Labute approximate surface area is 100 Å². The summed E-state index contributed by atoms with van der Waals surface area (Å²) in [6.07, 6.45) is 6.41. The molecule has 0 saturated carbocycles. The van der Waals surface area contributed by atoms with Crippen molar-refractivity contribution >= 4 is 22.0 Å². The third-order valence-corrected chi connectivity index (χ3v) is 2.40. The van der Waals surface area contributed by atoms with Gasteiger partial charge in [0.25, 0.3) is 0 Å². The van der Waals surface area contributed by atoms with Gasteiger partial charge in [0.1, 0.15) is 5.75 Å². The summed E-state index contributed by atoms with van der Waals surface area (Å²) in [6.45, 7) is 2.90. The first kappa shape index (κ1) is 12.3. The van der Waals surface area contributed by atoms with Crippen LogP contribution in [0.3, 0.4) is 0 Å². The summed E-state index contributed by atoms with van der Waals surface area (Å²) in [7, 11) is 0. The van der Waals surface area contributed by atoms with Gasteiger partial charge in [0, 0.05) is 5.33 Å². The van der Waals surface area contributed by atoms with Crippen LogP contribution in [0, 0.1) is 0 Å². The van der Waals surface area contributed by atoms with E-state index >= 15 is 0 Å². The lowest BCUT2D eigenvalue weighted by atomic mass is 10.2. The molecule has 0 amide bonds. The summed E-state index contributed by atoms with van der Waals surface area (Å²) in [5.41, 5.74) is 1.22. The molecule has 82 valence electrons. The quantitative estimate of drug-likeness (QED) is 0.700. The number of halogens is 1. The minimum absolute atomic E-state index is 0.790. The molecule has 0 radical (unpaired) electrons. The fourth-order valence-electron chi connectivity index (χ4n) is 1.18. The van der Waals surface area contributed by atoms with E-state index in [0.717, 1.165) is 30.5 Å². The fourth-order valence-corrected chi connectivity index (χ4v) is 1.44. The molecule has 1 aromatic carbocycles. The average molecular weight is 269 g/mol. The second-order valence-electron chi connectivity index (χ2n) is 3.30. The van der Waals surface area contributed by atoms with Gasteiger partial charge in [-0.2, -0.15) is 0 Å². The predicted molar refractivity (Wildman–Crippen MR) is 69.7 cm³/mol. The monoisotopic (exact) mass is 268 g/mol. The Kier molecular flexibility index (Phi) is 6.17. The van der Waals surface area contributed by atoms with Gasteiger partial charge in [-0.05, 0) is 30.5 Å². The Balaban J connectivity index is 2.48. The molecule has 15 heavy (non-hydrogen) atoms. The number of alkyl halides is 1. The maximum absolute atomic E-state index is 5.50. The number of hydrogen-bond donors (Lipinski definition) is 0. The normalized spacial score (nSPS) is 10.8. The molecule has 0 aliphatic rings. The molecule has 0 aromatic heterocycles. The highest BCUT2D eigenvalue weighted by molar-refractivity contribution is 9.09. The lowest BCUT2D eigenvalue weighted by molar-refractivity contribution is 0.317. The van der Waals surface area contributed by atoms with Crippen LogP contribution in [0.1, 0.15) is 25.3 Å². The van der Waals surface area contributed by atoms with Crippen LogP contribution in [-0.2, 0) is 0 Å². The number of rotatable bonds is 6. The smallest absolute Gasteiger partial charge is 0.119 e. The van der Waals surface area contributed by atoms with Gasteiger partial charge >= 0.3 is 0 Å². The van der Waals surface area contributed by atoms with Crippen molar-refractivity contribution in [2.24, 2.45) is 0 Å². The zero-order valence-electron chi connectivity index (χ0n) is 9.08. The summed E-state index contributed by atoms with van der Waals surface area (Å²) in [6, 6.07) is 8.19. The maximum Gasteiger partial charge on any atom is 0.119 e. The van der Waals surface area contributed by atoms with Gasteiger partial charge < -0.3 is 4.74 Å². The van der Waals surface area contributed by atoms with Crippen molar-refractivity contribution in [3.63, 3.8) is 0 Å². The molecule has 0 spiro atoms. The first-order valence-corrected chi connectivity index (χ1v) is 6.44. The summed E-state index contributed by atoms with van der Waals surface area (Å²) in [4.78, 5) is 0. The molecular formula is C13H17BrO. The first-order valence-electron chi connectivity index (χ1n) is 5.32. The molecule has 1 aromatic rings. The van der Waals surface area contributed by atoms with E-state index in [1.807, 2.05) is 12.1 Å². The van der Waals surface area contributed by atoms with E-state index in [-0.39, 0.29) is 0 Å². The highest BCUT2D eigenvalue weighted by Gasteiger charge is 1.91. The van der Waals surface area contributed by atoms with Gasteiger partial charge in [-0.1, -0.05) is 47.1 Å². The van der Waals surface area contributed by atoms with Crippen molar-refractivity contribution in [2.45, 2.75) is 19.8 Å². The third kappa shape index (κ3) is 5.03. The van der Waals surface area contributed by atoms with Gasteiger partial charge in [0.05, 0.1) is 6.61 Å². The predicted octanol–water partition coefficient (Wildman–Crippen LogP) is 4.27. The van der Waals surface area contributed by atoms with Gasteiger partial charge in [0.2, 0.25) is 0 Å². The van der Waals surface area contributed by atoms with Crippen LogP contribution in [-0.4, -0.2) is 11.9 Å². The van der Waals surface area contributed by atoms with Crippen LogP contribution >= 0.6 is 15.9 Å². The highest BCUT2D eigenvalue weighted by Crippen LogP contribution is 2.13. The van der Waals surface area contributed by atoms with E-state index in [2.05, 4.69) is 47.1 Å². The third-order valence-electron chi connectivity index (χ3n) is 1.94. The second kappa shape index (κ2) is 7.52. The standard InChI is InChI=1S/C13H17BrO/c1-2-11-15-13-8-6-12(7-9-13)5-3-4-10-14/h3,5-9H,2,4,10-11H2,1H3. The van der Waals surface area contributed by atoms with E-state index in [0.29, 0.717) is 0 Å². The van der Waals surface area contributed by atoms with Crippen LogP contribution in [0.2, 0.25) is 0 Å². The Morgan fingerprint density at radius 1 is 1.27 bits per heavy atom. The van der Waals surface area contributed by atoms with Crippen LogP contribution in [0.25, 0.3) is 6.08 Å². The van der Waals surface area contributed by atoms with Crippen molar-refractivity contribution in [1.82, 2.24) is 0 Å². The van der Waals surface area contributed by atoms with Crippen molar-refractivity contribution < 1.29 is 4.74 Å². The summed E-state index contributed by atoms with van der Waals surface area (Å²) in [5, 5.41) is 1.02. The number of allylic oxidation sites excluding steroid dienone is 1. The summed E-state index contributed by atoms with van der Waals surface area (Å²) < 4.78 is 5.50. The fraction of sp³-hybridized carbons (Fsp3) is 0.385. The maximum atomic E-state index is 5.50. The number of ether oxygens (including phenoxy) is 1. The molecule has 0 fully saturated rings. The Morgan fingerprint density at radius 2 is 2.00 bits per heavy atom. The van der Waals surface area contributed by atoms with Crippen LogP contribution in [0.15, 0.2) is 30.3 Å². The minimum Gasteiger partial charge on any atom is -0.494 e. The van der Waals surface area contributed by atoms with Gasteiger partial charge in [-0.25, -0.2) is 0 Å². The second-order valence-corrected chi connectivity index (χ2v) is 4.09. The number of benzene rings is 1. The van der Waals surface area contributed by atoms with Gasteiger partial charge in [-0.3, -0.25) is 0 Å². The van der Waals surface area contributed by atoms with Crippen LogP contribution < -0.4 is 4.74 Å². The minimum atomic E-state index is 0.790. The molecule has 0 unspecified atom stereocenters. The Bertz CT molecular complexity index is 290. The molecule has 2 heteroatoms. The van der Waals surface area contributed by atoms with Gasteiger partial charge in [-0.15, -0.1) is 0 Å². The first-order chi connectivity index (χ1) is 7.36. The molecular weight excluding hydrogens is 252 g/mol. The molecule has 0 aliphatic heterocycles. The Hall–Kier alpha value is -0.760. The number of hydrogen-bond acceptors (Lipinski definition) is 1. The molecule has 0 saturated heterocycles. The van der Waals surface area contributed by atoms with Crippen LogP contribution in [0.4, 0.5) is 0 Å². The average Bonchev–Trinajstić information content (AvgIpc) is 2.28. The lowest BCUT2D eigenvalue weighted by Crippen LogP contribution is -1.94. The molecule has 0 atom stereocenters. The highest BCUT2D eigenvalue weighted by atomic mass is 79.9. The van der Waals surface area contributed by atoms with Crippen molar-refractivity contribution in [3.8, 4) is 5.75 Å². The molecule has 0 aliphatic carbocycles. The van der Waals surface area contributed by atoms with E-state index in [9.17, 15) is 0 Å². The van der Waals surface area contributed by atoms with E-state index in [4.69, 9.17) is 4.74 Å². The lowest BCUT2D eigenvalue weighted by Gasteiger charge is -2.03. The SMILES string of the molecule is CCCOc1ccc(C=CCCBr)cc1. The largest absolute Gasteiger partial charge is 0.494 e. The summed E-state index contributed by atoms with van der Waals surface area (Å²) >= 11 is 3.39. The van der Waals surface area contributed by atoms with E-state index < -0.39 is 0 Å². The van der Waals surface area contributed by atoms with Crippen molar-refractivity contribution in [2.75, 3.05) is 11.9 Å². The molecule has 0 N–H and O–H groups in total. The zero-order valence-corrected chi connectivity index (χ0v) is 10.7.